The lowest BCUT2D eigenvalue weighted by Gasteiger charge is -2.36. The quantitative estimate of drug-likeness (QED) is 0.157. The summed E-state index contributed by atoms with van der Waals surface area (Å²) >= 11 is 0. The van der Waals surface area contributed by atoms with Gasteiger partial charge < -0.3 is 35.4 Å². The third kappa shape index (κ3) is 8.22. The summed E-state index contributed by atoms with van der Waals surface area (Å²) in [5.41, 5.74) is 1.21. The summed E-state index contributed by atoms with van der Waals surface area (Å²) in [4.78, 5) is 17.1. The number of aliphatic hydroxyl groups is 5. The van der Waals surface area contributed by atoms with Crippen molar-refractivity contribution in [3.05, 3.63) is 35.4 Å². The van der Waals surface area contributed by atoms with Gasteiger partial charge in [0.05, 0.1) is 63.0 Å². The van der Waals surface area contributed by atoms with Crippen LogP contribution in [0.4, 0.5) is 0 Å². The maximum atomic E-state index is 11.1. The molecule has 2 rings (SSSR count). The molecule has 1 aromatic rings. The number of rotatable bonds is 16. The van der Waals surface area contributed by atoms with E-state index < -0.39 is 30.8 Å². The van der Waals surface area contributed by atoms with E-state index in [2.05, 4.69) is 4.90 Å². The highest BCUT2D eigenvalue weighted by atomic mass is 16.5. The summed E-state index contributed by atoms with van der Waals surface area (Å²) in [5, 5.41) is 58.0. The molecule has 1 aromatic carbocycles. The number of benzene rings is 1. The number of likely N-dealkylation sites (N-methyl/N-ethyl adjacent to an activating group) is 1. The monoisotopic (exact) mass is 485 g/mol. The summed E-state index contributed by atoms with van der Waals surface area (Å²) in [6.07, 6.45) is -2.03. The Bertz CT molecular complexity index is 723. The SMILES string of the molecule is CCN(CCN(CCN1COC[C@@H]1[C@H](O)CO)[C@H](CO)[C@H](O)CO)Cc1ccc(C(=O)O)cc1. The normalized spacial score (nSPS) is 19.6. The van der Waals surface area contributed by atoms with Gasteiger partial charge in [0, 0.05) is 32.7 Å². The molecule has 1 aliphatic rings. The number of nitrogens with zero attached hydrogens (tertiary/aromatic N) is 3. The molecule has 0 aromatic heterocycles. The predicted molar refractivity (Wildman–Crippen MR) is 124 cm³/mol. The molecule has 1 aliphatic heterocycles. The molecule has 0 spiro atoms. The first-order chi connectivity index (χ1) is 16.3. The molecule has 0 saturated carbocycles. The molecule has 34 heavy (non-hydrogen) atoms. The van der Waals surface area contributed by atoms with Gasteiger partial charge in [0.2, 0.25) is 0 Å². The molecule has 0 radical (unpaired) electrons. The average molecular weight is 486 g/mol. The first kappa shape index (κ1) is 28.6. The number of aliphatic hydroxyl groups excluding tert-OH is 5. The van der Waals surface area contributed by atoms with Crippen LogP contribution in [-0.2, 0) is 11.3 Å². The molecular formula is C23H39N3O8. The van der Waals surface area contributed by atoms with Gasteiger partial charge in [0.25, 0.3) is 0 Å². The third-order valence-electron chi connectivity index (χ3n) is 6.37. The van der Waals surface area contributed by atoms with E-state index in [4.69, 9.17) is 9.84 Å². The molecule has 194 valence electrons. The topological polar surface area (TPSA) is 157 Å². The van der Waals surface area contributed by atoms with E-state index in [0.29, 0.717) is 46.1 Å². The van der Waals surface area contributed by atoms with Gasteiger partial charge in [0.15, 0.2) is 0 Å². The second-order valence-corrected chi connectivity index (χ2v) is 8.54. The first-order valence-electron chi connectivity index (χ1n) is 11.6. The average Bonchev–Trinajstić information content (AvgIpc) is 3.32. The van der Waals surface area contributed by atoms with Crippen LogP contribution in [-0.4, -0.2) is 141 Å². The Balaban J connectivity index is 2.02. The zero-order valence-corrected chi connectivity index (χ0v) is 19.7. The number of ether oxygens (including phenoxy) is 1. The molecule has 4 atom stereocenters. The Kier molecular flexibility index (Phi) is 12.3. The Hall–Kier alpha value is -1.67. The van der Waals surface area contributed by atoms with Crippen molar-refractivity contribution in [2.75, 3.05) is 65.9 Å². The van der Waals surface area contributed by atoms with Crippen LogP contribution in [0.25, 0.3) is 0 Å². The lowest BCUT2D eigenvalue weighted by atomic mass is 10.1. The Morgan fingerprint density at radius 1 is 1.09 bits per heavy atom. The number of carboxylic acid groups (broad SMARTS) is 1. The highest BCUT2D eigenvalue weighted by Gasteiger charge is 2.32. The van der Waals surface area contributed by atoms with Crippen molar-refractivity contribution in [2.24, 2.45) is 0 Å². The zero-order valence-electron chi connectivity index (χ0n) is 19.7. The van der Waals surface area contributed by atoms with Crippen molar-refractivity contribution in [3.63, 3.8) is 0 Å². The summed E-state index contributed by atoms with van der Waals surface area (Å²) in [7, 11) is 0. The van der Waals surface area contributed by atoms with Crippen LogP contribution in [0.3, 0.4) is 0 Å². The van der Waals surface area contributed by atoms with Gasteiger partial charge in [-0.2, -0.15) is 0 Å². The molecule has 0 unspecified atom stereocenters. The van der Waals surface area contributed by atoms with Crippen molar-refractivity contribution in [2.45, 2.75) is 37.8 Å². The molecule has 1 fully saturated rings. The maximum Gasteiger partial charge on any atom is 0.335 e. The molecular weight excluding hydrogens is 446 g/mol. The smallest absolute Gasteiger partial charge is 0.335 e. The second kappa shape index (κ2) is 14.7. The summed E-state index contributed by atoms with van der Waals surface area (Å²) in [5.74, 6) is -0.968. The van der Waals surface area contributed by atoms with Gasteiger partial charge in [-0.15, -0.1) is 0 Å². The minimum atomic E-state index is -1.11. The lowest BCUT2D eigenvalue weighted by Crippen LogP contribution is -2.53. The van der Waals surface area contributed by atoms with Crippen LogP contribution in [0.2, 0.25) is 0 Å². The molecule has 1 saturated heterocycles. The van der Waals surface area contributed by atoms with Crippen molar-refractivity contribution in [1.82, 2.24) is 14.7 Å². The van der Waals surface area contributed by atoms with E-state index in [9.17, 15) is 30.3 Å². The zero-order chi connectivity index (χ0) is 25.1. The van der Waals surface area contributed by atoms with Gasteiger partial charge >= 0.3 is 5.97 Å². The molecule has 11 nitrogen and oxygen atoms in total. The standard InChI is InChI=1S/C23H39N3O8/c1-2-24(11-17-3-5-18(6-4-17)23(32)33)7-8-25(19(12-27)21(30)13-28)9-10-26-16-34-15-20(26)22(31)14-29/h3-6,19-22,27-31H,2,7-16H2,1H3,(H,32,33)/t19-,20-,21-,22-/m1/s1. The molecule has 1 heterocycles. The fourth-order valence-electron chi connectivity index (χ4n) is 4.13. The molecule has 0 bridgehead atoms. The number of carbonyl (C=O) groups is 1. The van der Waals surface area contributed by atoms with Crippen LogP contribution < -0.4 is 0 Å². The highest BCUT2D eigenvalue weighted by molar-refractivity contribution is 5.87. The van der Waals surface area contributed by atoms with Gasteiger partial charge in [-0.1, -0.05) is 19.1 Å². The fraction of sp³-hybridized carbons (Fsp3) is 0.696. The van der Waals surface area contributed by atoms with Crippen molar-refractivity contribution in [1.29, 1.82) is 0 Å². The molecule has 6 N–H and O–H groups in total. The molecule has 11 heteroatoms. The van der Waals surface area contributed by atoms with E-state index in [0.717, 1.165) is 12.1 Å². The van der Waals surface area contributed by atoms with Crippen LogP contribution in [0.15, 0.2) is 24.3 Å². The lowest BCUT2D eigenvalue weighted by molar-refractivity contribution is -0.0234. The molecule has 0 aliphatic carbocycles. The maximum absolute atomic E-state index is 11.1. The fourth-order valence-corrected chi connectivity index (χ4v) is 4.13. The second-order valence-electron chi connectivity index (χ2n) is 8.54. The van der Waals surface area contributed by atoms with Crippen molar-refractivity contribution >= 4 is 5.97 Å². The highest BCUT2D eigenvalue weighted by Crippen LogP contribution is 2.15. The summed E-state index contributed by atoms with van der Waals surface area (Å²) < 4.78 is 5.44. The summed E-state index contributed by atoms with van der Waals surface area (Å²) in [6, 6.07) is 5.73. The van der Waals surface area contributed by atoms with Gasteiger partial charge in [-0.05, 0) is 24.2 Å². The van der Waals surface area contributed by atoms with Crippen molar-refractivity contribution < 1.29 is 40.2 Å². The number of aromatic carboxylic acids is 1. The van der Waals surface area contributed by atoms with Gasteiger partial charge in [0.1, 0.15) is 0 Å². The van der Waals surface area contributed by atoms with Gasteiger partial charge in [-0.25, -0.2) is 4.79 Å². The van der Waals surface area contributed by atoms with E-state index in [1.807, 2.05) is 16.7 Å². The van der Waals surface area contributed by atoms with Crippen molar-refractivity contribution in [3.8, 4) is 0 Å². The Labute approximate surface area is 200 Å². The first-order valence-corrected chi connectivity index (χ1v) is 11.6. The van der Waals surface area contributed by atoms with E-state index in [-0.39, 0.29) is 24.8 Å². The minimum Gasteiger partial charge on any atom is -0.478 e. The van der Waals surface area contributed by atoms with Crippen LogP contribution in [0.1, 0.15) is 22.8 Å². The van der Waals surface area contributed by atoms with Gasteiger partial charge in [-0.3, -0.25) is 14.7 Å². The Morgan fingerprint density at radius 2 is 1.79 bits per heavy atom. The summed E-state index contributed by atoms with van der Waals surface area (Å²) in [6.45, 7) is 4.88. The van der Waals surface area contributed by atoms with Crippen LogP contribution >= 0.6 is 0 Å². The van der Waals surface area contributed by atoms with Crippen LogP contribution in [0.5, 0.6) is 0 Å². The minimum absolute atomic E-state index is 0.234. The number of hydrogen-bond acceptors (Lipinski definition) is 10. The number of hydrogen-bond donors (Lipinski definition) is 6. The Morgan fingerprint density at radius 3 is 2.35 bits per heavy atom. The molecule has 0 amide bonds. The van der Waals surface area contributed by atoms with E-state index >= 15 is 0 Å². The van der Waals surface area contributed by atoms with E-state index in [1.54, 1.807) is 24.3 Å². The number of carboxylic acids is 1. The predicted octanol–water partition coefficient (Wildman–Crippen LogP) is -1.77. The van der Waals surface area contributed by atoms with E-state index in [1.165, 1.54) is 0 Å². The largest absolute Gasteiger partial charge is 0.478 e. The third-order valence-corrected chi connectivity index (χ3v) is 6.37. The van der Waals surface area contributed by atoms with Crippen LogP contribution in [0, 0.1) is 0 Å².